The second-order valence-electron chi connectivity index (χ2n) is 3.47. The highest BCUT2D eigenvalue weighted by molar-refractivity contribution is 5.88. The summed E-state index contributed by atoms with van der Waals surface area (Å²) in [5.74, 6) is 5.25. The van der Waals surface area contributed by atoms with Crippen molar-refractivity contribution in [3.63, 3.8) is 0 Å². The van der Waals surface area contributed by atoms with Crippen LogP contribution in [0.15, 0.2) is 23.3 Å². The van der Waals surface area contributed by atoms with Gasteiger partial charge >= 0.3 is 0 Å². The van der Waals surface area contributed by atoms with Gasteiger partial charge in [0.2, 0.25) is 0 Å². The highest BCUT2D eigenvalue weighted by Crippen LogP contribution is 2.20. The van der Waals surface area contributed by atoms with Crippen LogP contribution in [0, 0.1) is 11.3 Å². The number of hydrogen-bond donors (Lipinski definition) is 1. The van der Waals surface area contributed by atoms with Crippen molar-refractivity contribution < 1.29 is 0 Å². The molecule has 14 heavy (non-hydrogen) atoms. The van der Waals surface area contributed by atoms with Gasteiger partial charge in [0.25, 0.3) is 0 Å². The van der Waals surface area contributed by atoms with Crippen LogP contribution in [0.4, 0.5) is 0 Å². The number of nitrogens with two attached hydrogens (primary N) is 1. The van der Waals surface area contributed by atoms with Gasteiger partial charge in [0.05, 0.1) is 11.6 Å². The number of hydrazone groups is 1. The van der Waals surface area contributed by atoms with Gasteiger partial charge in [-0.1, -0.05) is 6.07 Å². The van der Waals surface area contributed by atoms with E-state index in [2.05, 4.69) is 11.2 Å². The van der Waals surface area contributed by atoms with E-state index in [4.69, 9.17) is 11.1 Å². The van der Waals surface area contributed by atoms with Crippen molar-refractivity contribution in [1.82, 2.24) is 0 Å². The lowest BCUT2D eigenvalue weighted by Crippen LogP contribution is -2.15. The topological polar surface area (TPSA) is 62.2 Å². The Hall–Kier alpha value is -1.82. The first-order valence-corrected chi connectivity index (χ1v) is 4.61. The van der Waals surface area contributed by atoms with Crippen molar-refractivity contribution in [3.8, 4) is 6.07 Å². The van der Waals surface area contributed by atoms with E-state index in [0.29, 0.717) is 0 Å². The van der Waals surface area contributed by atoms with Crippen molar-refractivity contribution in [2.45, 2.75) is 19.3 Å². The molecular weight excluding hydrogens is 174 g/mol. The predicted octanol–water partition coefficient (Wildman–Crippen LogP) is 1.36. The highest BCUT2D eigenvalue weighted by Gasteiger charge is 2.13. The van der Waals surface area contributed by atoms with Crippen LogP contribution in [0.25, 0.3) is 0 Å². The molecule has 0 atom stereocenters. The maximum atomic E-state index is 8.74. The molecule has 3 heteroatoms. The zero-order valence-electron chi connectivity index (χ0n) is 7.83. The number of hydrogen-bond acceptors (Lipinski definition) is 3. The Bertz CT molecular complexity index is 427. The number of rotatable bonds is 0. The molecule has 3 nitrogen and oxygen atoms in total. The van der Waals surface area contributed by atoms with Crippen LogP contribution in [-0.4, -0.2) is 5.71 Å². The molecule has 1 aliphatic carbocycles. The first-order valence-electron chi connectivity index (χ1n) is 4.61. The largest absolute Gasteiger partial charge is 0.323 e. The van der Waals surface area contributed by atoms with Gasteiger partial charge in [-0.05, 0) is 36.1 Å². The lowest BCUT2D eigenvalue weighted by atomic mass is 9.89. The molecule has 0 amide bonds. The quantitative estimate of drug-likeness (QED) is 0.490. The average molecular weight is 185 g/mol. The molecule has 2 N–H and O–H groups in total. The fourth-order valence-corrected chi connectivity index (χ4v) is 1.80. The van der Waals surface area contributed by atoms with Gasteiger partial charge < -0.3 is 5.84 Å². The number of nitrogens with zero attached hydrogens (tertiary/aromatic N) is 2. The summed E-state index contributed by atoms with van der Waals surface area (Å²) in [6.07, 6.45) is 2.69. The molecule has 0 saturated heterocycles. The van der Waals surface area contributed by atoms with Gasteiger partial charge in [-0.15, -0.1) is 0 Å². The van der Waals surface area contributed by atoms with E-state index in [1.165, 1.54) is 11.1 Å². The zero-order chi connectivity index (χ0) is 9.97. The predicted molar refractivity (Wildman–Crippen MR) is 54.8 cm³/mol. The zero-order valence-corrected chi connectivity index (χ0v) is 7.83. The molecule has 0 aromatic heterocycles. The Morgan fingerprint density at radius 1 is 1.29 bits per heavy atom. The van der Waals surface area contributed by atoms with E-state index >= 15 is 0 Å². The molecular formula is C11H11N3. The maximum Gasteiger partial charge on any atom is 0.0991 e. The smallest absolute Gasteiger partial charge is 0.0991 e. The molecule has 0 saturated carbocycles. The molecule has 0 fully saturated rings. The fraction of sp³-hybridized carbons (Fsp3) is 0.273. The summed E-state index contributed by atoms with van der Waals surface area (Å²) in [6, 6.07) is 7.95. The van der Waals surface area contributed by atoms with Crippen molar-refractivity contribution in [2.75, 3.05) is 0 Å². The van der Waals surface area contributed by atoms with Crippen molar-refractivity contribution in [1.29, 1.82) is 5.26 Å². The average Bonchev–Trinajstić information content (AvgIpc) is 2.27. The monoisotopic (exact) mass is 185 g/mol. The molecule has 0 aliphatic heterocycles. The minimum absolute atomic E-state index is 0.733. The number of benzene rings is 1. The van der Waals surface area contributed by atoms with Crippen molar-refractivity contribution in [3.05, 3.63) is 34.9 Å². The number of fused-ring (bicyclic) bond motifs is 1. The minimum Gasteiger partial charge on any atom is -0.323 e. The molecule has 0 spiro atoms. The summed E-state index contributed by atoms with van der Waals surface area (Å²) in [5, 5.41) is 12.5. The van der Waals surface area contributed by atoms with E-state index in [9.17, 15) is 0 Å². The summed E-state index contributed by atoms with van der Waals surface area (Å²) in [7, 11) is 0. The van der Waals surface area contributed by atoms with E-state index in [-0.39, 0.29) is 0 Å². The van der Waals surface area contributed by atoms with Crippen LogP contribution < -0.4 is 5.84 Å². The van der Waals surface area contributed by atoms with Gasteiger partial charge in [0.1, 0.15) is 0 Å². The lowest BCUT2D eigenvalue weighted by Gasteiger charge is -2.16. The maximum absolute atomic E-state index is 8.74. The standard InChI is InChI=1S/C11H11N3/c12-7-8-1-2-10-6-11(14-13)4-3-9(10)5-8/h1-2,5H,3-4,6,13H2/b14-11-. The third kappa shape index (κ3) is 1.47. The van der Waals surface area contributed by atoms with Crippen LogP contribution in [-0.2, 0) is 12.8 Å². The van der Waals surface area contributed by atoms with Crippen LogP contribution in [0.2, 0.25) is 0 Å². The molecule has 1 aromatic carbocycles. The van der Waals surface area contributed by atoms with E-state index in [1.807, 2.05) is 18.2 Å². The second kappa shape index (κ2) is 3.51. The summed E-state index contributed by atoms with van der Waals surface area (Å²) in [4.78, 5) is 0. The molecule has 2 rings (SSSR count). The first-order chi connectivity index (χ1) is 6.83. The van der Waals surface area contributed by atoms with E-state index in [0.717, 1.165) is 30.5 Å². The normalized spacial score (nSPS) is 17.5. The minimum atomic E-state index is 0.733. The lowest BCUT2D eigenvalue weighted by molar-refractivity contribution is 0.933. The second-order valence-corrected chi connectivity index (χ2v) is 3.47. The first kappa shape index (κ1) is 8.76. The summed E-state index contributed by atoms with van der Waals surface area (Å²) >= 11 is 0. The van der Waals surface area contributed by atoms with Gasteiger partial charge in [-0.25, -0.2) is 0 Å². The molecule has 70 valence electrons. The Morgan fingerprint density at radius 2 is 2.14 bits per heavy atom. The fourth-order valence-electron chi connectivity index (χ4n) is 1.80. The SMILES string of the molecule is N#Cc1ccc2c(c1)CC/C(=N/N)C2. The van der Waals surface area contributed by atoms with Gasteiger partial charge in [-0.3, -0.25) is 0 Å². The van der Waals surface area contributed by atoms with Crippen LogP contribution in [0.3, 0.4) is 0 Å². The van der Waals surface area contributed by atoms with Crippen LogP contribution in [0.1, 0.15) is 23.1 Å². The summed E-state index contributed by atoms with van der Waals surface area (Å²) < 4.78 is 0. The molecule has 0 unspecified atom stereocenters. The highest BCUT2D eigenvalue weighted by atomic mass is 15.1. The number of nitriles is 1. The van der Waals surface area contributed by atoms with Crippen molar-refractivity contribution in [2.24, 2.45) is 10.9 Å². The van der Waals surface area contributed by atoms with Gasteiger partial charge in [0, 0.05) is 12.1 Å². The summed E-state index contributed by atoms with van der Waals surface area (Å²) in [5.41, 5.74) is 4.29. The van der Waals surface area contributed by atoms with Crippen molar-refractivity contribution >= 4 is 5.71 Å². The molecule has 0 bridgehead atoms. The Labute approximate surface area is 82.8 Å². The molecule has 1 aliphatic rings. The molecule has 0 heterocycles. The molecule has 1 aromatic rings. The Balaban J connectivity index is 2.38. The van der Waals surface area contributed by atoms with Crippen LogP contribution in [0.5, 0.6) is 0 Å². The summed E-state index contributed by atoms with van der Waals surface area (Å²) in [6.45, 7) is 0. The van der Waals surface area contributed by atoms with E-state index < -0.39 is 0 Å². The van der Waals surface area contributed by atoms with Crippen LogP contribution >= 0.6 is 0 Å². The molecule has 0 radical (unpaired) electrons. The van der Waals surface area contributed by atoms with Gasteiger partial charge in [0.15, 0.2) is 0 Å². The number of aryl methyl sites for hydroxylation is 1. The Morgan fingerprint density at radius 3 is 2.86 bits per heavy atom. The Kier molecular flexibility index (Phi) is 2.19. The third-order valence-corrected chi connectivity index (χ3v) is 2.60. The third-order valence-electron chi connectivity index (χ3n) is 2.60. The van der Waals surface area contributed by atoms with Gasteiger partial charge in [-0.2, -0.15) is 10.4 Å². The van der Waals surface area contributed by atoms with E-state index in [1.54, 1.807) is 0 Å².